The first-order valence-corrected chi connectivity index (χ1v) is 9.26. The van der Waals surface area contributed by atoms with Crippen molar-refractivity contribution in [2.24, 2.45) is 0 Å². The van der Waals surface area contributed by atoms with Gasteiger partial charge in [-0.05, 0) is 51.5 Å². The van der Waals surface area contributed by atoms with E-state index in [0.717, 1.165) is 0 Å². The van der Waals surface area contributed by atoms with Crippen LogP contribution in [0.25, 0.3) is 0 Å². The van der Waals surface area contributed by atoms with Gasteiger partial charge in [0, 0.05) is 18.2 Å². The first kappa shape index (κ1) is 20.1. The number of hydrogen-bond donors (Lipinski definition) is 2. The molecule has 0 unspecified atom stereocenters. The minimum absolute atomic E-state index is 0.108. The van der Waals surface area contributed by atoms with Gasteiger partial charge in [0.05, 0.1) is 4.90 Å². The van der Waals surface area contributed by atoms with Crippen LogP contribution in [-0.4, -0.2) is 32.4 Å². The first-order valence-electron chi connectivity index (χ1n) is 7.78. The number of ether oxygens (including phenoxy) is 1. The first-order chi connectivity index (χ1) is 11.2. The van der Waals surface area contributed by atoms with E-state index in [4.69, 9.17) is 4.74 Å². The van der Waals surface area contributed by atoms with Gasteiger partial charge < -0.3 is 10.1 Å². The van der Waals surface area contributed by atoms with Crippen molar-refractivity contribution in [3.05, 3.63) is 24.3 Å². The van der Waals surface area contributed by atoms with Gasteiger partial charge in [-0.15, -0.1) is 0 Å². The number of carbonyl (C=O) groups excluding carboxylic acids is 2. The number of carbonyl (C=O) groups is 2. The fourth-order valence-corrected chi connectivity index (χ4v) is 3.10. The molecular formula is C16H24N2O5S. The molecule has 2 N–H and O–H groups in total. The molecule has 0 saturated heterocycles. The van der Waals surface area contributed by atoms with Crippen LogP contribution in [0.1, 0.15) is 40.5 Å². The average Bonchev–Trinajstić information content (AvgIpc) is 2.46. The molecule has 0 spiro atoms. The summed E-state index contributed by atoms with van der Waals surface area (Å²) in [4.78, 5) is 23.4. The summed E-state index contributed by atoms with van der Waals surface area (Å²) in [6.07, 6.45) is -0.0179. The van der Waals surface area contributed by atoms with Crippen molar-refractivity contribution in [2.75, 3.05) is 5.32 Å². The van der Waals surface area contributed by atoms with E-state index in [9.17, 15) is 18.0 Å². The highest BCUT2D eigenvalue weighted by molar-refractivity contribution is 7.89. The Balaban J connectivity index is 2.70. The zero-order valence-electron chi connectivity index (χ0n) is 14.3. The van der Waals surface area contributed by atoms with Gasteiger partial charge in [0.2, 0.25) is 10.0 Å². The summed E-state index contributed by atoms with van der Waals surface area (Å²) >= 11 is 0. The van der Waals surface area contributed by atoms with Crippen molar-refractivity contribution in [1.82, 2.24) is 4.72 Å². The van der Waals surface area contributed by atoms with E-state index in [1.165, 1.54) is 31.2 Å². The number of nitrogens with one attached hydrogen (secondary N) is 2. The molecule has 0 aliphatic rings. The van der Waals surface area contributed by atoms with Crippen LogP contribution < -0.4 is 10.0 Å². The molecule has 1 aromatic carbocycles. The maximum Gasteiger partial charge on any atom is 0.306 e. The van der Waals surface area contributed by atoms with Crippen LogP contribution in [0.4, 0.5) is 5.69 Å². The van der Waals surface area contributed by atoms with Gasteiger partial charge in [-0.2, -0.15) is 0 Å². The Labute approximate surface area is 142 Å². The van der Waals surface area contributed by atoms with Gasteiger partial charge in [-0.25, -0.2) is 13.1 Å². The molecule has 0 bridgehead atoms. The quantitative estimate of drug-likeness (QED) is 0.694. The Hall–Kier alpha value is -1.93. The summed E-state index contributed by atoms with van der Waals surface area (Å²) in [7, 11) is -3.58. The summed E-state index contributed by atoms with van der Waals surface area (Å²) in [5.74, 6) is -0.906. The summed E-state index contributed by atoms with van der Waals surface area (Å²) < 4.78 is 31.5. The molecule has 0 saturated carbocycles. The highest BCUT2D eigenvalue weighted by Gasteiger charge is 2.18. The third-order valence-electron chi connectivity index (χ3n) is 2.95. The zero-order chi connectivity index (χ0) is 18.3. The van der Waals surface area contributed by atoms with E-state index in [-0.39, 0.29) is 17.4 Å². The van der Waals surface area contributed by atoms with Crippen LogP contribution in [0.5, 0.6) is 0 Å². The molecule has 1 aromatic rings. The monoisotopic (exact) mass is 356 g/mol. The molecule has 8 heteroatoms. The van der Waals surface area contributed by atoms with E-state index in [0.29, 0.717) is 12.1 Å². The smallest absolute Gasteiger partial charge is 0.306 e. The second-order valence-corrected chi connectivity index (χ2v) is 7.39. The van der Waals surface area contributed by atoms with Crippen LogP contribution in [0.15, 0.2) is 29.2 Å². The molecule has 134 valence electrons. The van der Waals surface area contributed by atoms with E-state index in [1.54, 1.807) is 13.8 Å². The minimum atomic E-state index is -3.58. The summed E-state index contributed by atoms with van der Waals surface area (Å²) in [6.45, 7) is 6.78. The number of amides is 1. The van der Waals surface area contributed by atoms with Gasteiger partial charge >= 0.3 is 5.97 Å². The molecule has 7 nitrogen and oxygen atoms in total. The maximum absolute atomic E-state index is 12.0. The van der Waals surface area contributed by atoms with Crippen molar-refractivity contribution in [1.29, 1.82) is 0 Å². The second-order valence-electron chi connectivity index (χ2n) is 5.67. The van der Waals surface area contributed by atoms with Crippen LogP contribution in [0.2, 0.25) is 0 Å². The van der Waals surface area contributed by atoms with Crippen molar-refractivity contribution in [3.63, 3.8) is 0 Å². The molecular weight excluding hydrogens is 332 g/mol. The zero-order valence-corrected chi connectivity index (χ0v) is 15.1. The number of sulfonamides is 1. The Morgan fingerprint density at radius 1 is 1.12 bits per heavy atom. The highest BCUT2D eigenvalue weighted by atomic mass is 32.2. The van der Waals surface area contributed by atoms with Crippen LogP contribution in [0, 0.1) is 0 Å². The molecule has 1 amide bonds. The van der Waals surface area contributed by atoms with Crippen molar-refractivity contribution >= 4 is 27.6 Å². The van der Waals surface area contributed by atoms with E-state index < -0.39 is 28.0 Å². The lowest BCUT2D eigenvalue weighted by molar-refractivity contribution is -0.153. The topological polar surface area (TPSA) is 102 Å². The molecule has 0 fully saturated rings. The molecule has 0 aromatic heterocycles. The Morgan fingerprint density at radius 2 is 1.71 bits per heavy atom. The lowest BCUT2D eigenvalue weighted by Gasteiger charge is -2.14. The van der Waals surface area contributed by atoms with Crippen LogP contribution in [0.3, 0.4) is 0 Å². The van der Waals surface area contributed by atoms with Gasteiger partial charge in [0.15, 0.2) is 6.10 Å². The number of hydrogen-bond acceptors (Lipinski definition) is 5. The Bertz CT molecular complexity index is 668. The fourth-order valence-electron chi connectivity index (χ4n) is 1.85. The molecule has 1 rings (SSSR count). The number of esters is 1. The maximum atomic E-state index is 12.0. The molecule has 0 radical (unpaired) electrons. The molecule has 0 heterocycles. The van der Waals surface area contributed by atoms with Gasteiger partial charge in [-0.1, -0.05) is 6.92 Å². The highest BCUT2D eigenvalue weighted by Crippen LogP contribution is 2.15. The average molecular weight is 356 g/mol. The van der Waals surface area contributed by atoms with Gasteiger partial charge in [-0.3, -0.25) is 9.59 Å². The van der Waals surface area contributed by atoms with E-state index in [2.05, 4.69) is 10.0 Å². The Kier molecular flexibility index (Phi) is 7.37. The minimum Gasteiger partial charge on any atom is -0.453 e. The lowest BCUT2D eigenvalue weighted by Crippen LogP contribution is -2.30. The molecule has 1 atom stereocenters. The normalized spacial score (nSPS) is 12.7. The predicted octanol–water partition coefficient (Wildman–Crippen LogP) is 2.04. The number of anilines is 1. The fraction of sp³-hybridized carbons (Fsp3) is 0.500. The van der Waals surface area contributed by atoms with Crippen LogP contribution >= 0.6 is 0 Å². The third-order valence-corrected chi connectivity index (χ3v) is 4.63. The predicted molar refractivity (Wildman–Crippen MR) is 91.0 cm³/mol. The molecule has 0 aliphatic heterocycles. The van der Waals surface area contributed by atoms with E-state index >= 15 is 0 Å². The SMILES string of the molecule is CCCC(=O)O[C@H](C)C(=O)Nc1ccc(S(=O)(=O)NC(C)C)cc1. The molecule has 0 aliphatic carbocycles. The summed E-state index contributed by atoms with van der Waals surface area (Å²) in [5.41, 5.74) is 0.418. The second kappa shape index (κ2) is 8.79. The largest absolute Gasteiger partial charge is 0.453 e. The number of rotatable bonds is 8. The van der Waals surface area contributed by atoms with Gasteiger partial charge in [0.25, 0.3) is 5.91 Å². The summed E-state index contributed by atoms with van der Waals surface area (Å²) in [5, 5.41) is 2.58. The molecule has 24 heavy (non-hydrogen) atoms. The van der Waals surface area contributed by atoms with Gasteiger partial charge in [0.1, 0.15) is 0 Å². The van der Waals surface area contributed by atoms with Crippen molar-refractivity contribution in [2.45, 2.75) is 57.6 Å². The third kappa shape index (κ3) is 6.29. The van der Waals surface area contributed by atoms with Crippen LogP contribution in [-0.2, 0) is 24.3 Å². The van der Waals surface area contributed by atoms with Crippen molar-refractivity contribution < 1.29 is 22.7 Å². The van der Waals surface area contributed by atoms with E-state index in [1.807, 2.05) is 6.92 Å². The number of benzene rings is 1. The van der Waals surface area contributed by atoms with Crippen molar-refractivity contribution in [3.8, 4) is 0 Å². The lowest BCUT2D eigenvalue weighted by atomic mass is 10.3. The standard InChI is InChI=1S/C16H24N2O5S/c1-5-6-15(19)23-12(4)16(20)17-13-7-9-14(10-8-13)24(21,22)18-11(2)3/h7-12,18H,5-6H2,1-4H3,(H,17,20)/t12-/m1/s1. The Morgan fingerprint density at radius 3 is 2.21 bits per heavy atom. The summed E-state index contributed by atoms with van der Waals surface area (Å²) in [6, 6.07) is 5.54.